The average molecular weight is 432 g/mol. The summed E-state index contributed by atoms with van der Waals surface area (Å²) < 4.78 is 4.50. The first kappa shape index (κ1) is 21.4. The van der Waals surface area contributed by atoms with Crippen molar-refractivity contribution in [2.24, 2.45) is 0 Å². The molecular formula is C27H37N5. The molecule has 0 atom stereocenters. The van der Waals surface area contributed by atoms with Crippen LogP contribution in [-0.4, -0.2) is 24.5 Å². The molecule has 32 heavy (non-hydrogen) atoms. The minimum Gasteiger partial charge on any atom is -0.263 e. The summed E-state index contributed by atoms with van der Waals surface area (Å²) in [6, 6.07) is 6.39. The van der Waals surface area contributed by atoms with Crippen LogP contribution in [0.3, 0.4) is 0 Å². The van der Waals surface area contributed by atoms with Crippen LogP contribution in [0.15, 0.2) is 18.2 Å². The molecule has 3 heterocycles. The molecular weight excluding hydrogens is 394 g/mol. The second-order valence-corrected chi connectivity index (χ2v) is 11.5. The Balaban J connectivity index is 1.64. The predicted octanol–water partition coefficient (Wildman–Crippen LogP) is 6.08. The van der Waals surface area contributed by atoms with Crippen molar-refractivity contribution in [1.29, 1.82) is 0 Å². The lowest BCUT2D eigenvalue weighted by Crippen LogP contribution is -2.26. The van der Waals surface area contributed by atoms with Gasteiger partial charge in [0.2, 0.25) is 0 Å². The molecule has 3 aromatic rings. The zero-order valence-corrected chi connectivity index (χ0v) is 20.6. The Hall–Kier alpha value is -2.43. The lowest BCUT2D eigenvalue weighted by atomic mass is 9.93. The van der Waals surface area contributed by atoms with Gasteiger partial charge >= 0.3 is 0 Å². The maximum absolute atomic E-state index is 5.17. The van der Waals surface area contributed by atoms with E-state index in [-0.39, 0.29) is 11.1 Å². The summed E-state index contributed by atoms with van der Waals surface area (Å²) in [5.41, 5.74) is 9.67. The van der Waals surface area contributed by atoms with Crippen LogP contribution in [0.25, 0.3) is 22.8 Å². The zero-order chi connectivity index (χ0) is 22.7. The molecule has 3 aromatic heterocycles. The van der Waals surface area contributed by atoms with E-state index >= 15 is 0 Å². The van der Waals surface area contributed by atoms with E-state index < -0.39 is 0 Å². The molecule has 5 rings (SSSR count). The largest absolute Gasteiger partial charge is 0.263 e. The van der Waals surface area contributed by atoms with Crippen molar-refractivity contribution >= 4 is 0 Å². The van der Waals surface area contributed by atoms with Gasteiger partial charge in [-0.2, -0.15) is 10.2 Å². The molecule has 0 saturated heterocycles. The van der Waals surface area contributed by atoms with Crippen molar-refractivity contribution in [2.45, 2.75) is 104 Å². The molecule has 0 amide bonds. The maximum atomic E-state index is 5.17. The molecule has 0 aromatic carbocycles. The van der Waals surface area contributed by atoms with E-state index in [9.17, 15) is 0 Å². The van der Waals surface area contributed by atoms with Crippen LogP contribution in [-0.2, 0) is 36.8 Å². The first-order valence-electron chi connectivity index (χ1n) is 12.3. The van der Waals surface area contributed by atoms with Gasteiger partial charge in [0, 0.05) is 22.5 Å². The lowest BCUT2D eigenvalue weighted by molar-refractivity contribution is 0.340. The Morgan fingerprint density at radius 2 is 1.03 bits per heavy atom. The Morgan fingerprint density at radius 3 is 1.44 bits per heavy atom. The minimum absolute atomic E-state index is 0.0260. The molecule has 0 saturated carbocycles. The van der Waals surface area contributed by atoms with E-state index in [1.807, 2.05) is 0 Å². The SMILES string of the molecule is CC(C)(C)n1nc(-c2cccc(-c3nn(C(C)(C)C)c4c3CCCC4)n2)c2c1CCCC2. The van der Waals surface area contributed by atoms with Gasteiger partial charge in [0.1, 0.15) is 11.4 Å². The standard InChI is InChI=1S/C27H37N5/c1-26(2,3)31-22-16-9-7-12-18(22)24(29-31)20-14-11-15-21(28-20)25-19-13-8-10-17-23(19)32(30-25)27(4,5)6/h11,14-15H,7-10,12-13,16-17H2,1-6H3. The van der Waals surface area contributed by atoms with E-state index in [2.05, 4.69) is 69.1 Å². The van der Waals surface area contributed by atoms with Crippen molar-refractivity contribution in [2.75, 3.05) is 0 Å². The number of hydrogen-bond donors (Lipinski definition) is 0. The van der Waals surface area contributed by atoms with Crippen LogP contribution in [0.2, 0.25) is 0 Å². The molecule has 0 aliphatic heterocycles. The number of rotatable bonds is 2. The van der Waals surface area contributed by atoms with Gasteiger partial charge in [-0.25, -0.2) is 4.98 Å². The Bertz CT molecular complexity index is 1060. The van der Waals surface area contributed by atoms with Gasteiger partial charge in [-0.05, 0) is 105 Å². The highest BCUT2D eigenvalue weighted by Crippen LogP contribution is 2.36. The fourth-order valence-electron chi connectivity index (χ4n) is 5.42. The molecule has 0 bridgehead atoms. The van der Waals surface area contributed by atoms with Crippen LogP contribution in [0.1, 0.15) is 89.7 Å². The van der Waals surface area contributed by atoms with Crippen LogP contribution in [0.5, 0.6) is 0 Å². The summed E-state index contributed by atoms with van der Waals surface area (Å²) >= 11 is 0. The van der Waals surface area contributed by atoms with Gasteiger partial charge in [-0.15, -0.1) is 0 Å². The molecule has 0 radical (unpaired) electrons. The molecule has 0 unspecified atom stereocenters. The lowest BCUT2D eigenvalue weighted by Gasteiger charge is -2.24. The third-order valence-electron chi connectivity index (χ3n) is 6.87. The van der Waals surface area contributed by atoms with E-state index in [0.717, 1.165) is 48.5 Å². The topological polar surface area (TPSA) is 48.5 Å². The summed E-state index contributed by atoms with van der Waals surface area (Å²) in [6.45, 7) is 13.5. The van der Waals surface area contributed by atoms with Gasteiger partial charge in [0.05, 0.1) is 22.5 Å². The van der Waals surface area contributed by atoms with Gasteiger partial charge in [0.25, 0.3) is 0 Å². The Morgan fingerprint density at radius 1 is 0.625 bits per heavy atom. The summed E-state index contributed by atoms with van der Waals surface area (Å²) in [4.78, 5) is 5.17. The third-order valence-corrected chi connectivity index (χ3v) is 6.87. The number of hydrogen-bond acceptors (Lipinski definition) is 3. The van der Waals surface area contributed by atoms with Crippen LogP contribution in [0.4, 0.5) is 0 Å². The summed E-state index contributed by atoms with van der Waals surface area (Å²) in [5.74, 6) is 0. The zero-order valence-electron chi connectivity index (χ0n) is 20.6. The highest BCUT2D eigenvalue weighted by atomic mass is 15.3. The Labute approximate surface area is 192 Å². The van der Waals surface area contributed by atoms with E-state index in [1.165, 1.54) is 48.2 Å². The van der Waals surface area contributed by atoms with E-state index in [0.29, 0.717) is 0 Å². The number of pyridine rings is 1. The smallest absolute Gasteiger partial charge is 0.114 e. The fourth-order valence-corrected chi connectivity index (χ4v) is 5.42. The monoisotopic (exact) mass is 431 g/mol. The van der Waals surface area contributed by atoms with Crippen LogP contribution >= 0.6 is 0 Å². The molecule has 2 aliphatic carbocycles. The van der Waals surface area contributed by atoms with Gasteiger partial charge in [0.15, 0.2) is 0 Å². The molecule has 5 nitrogen and oxygen atoms in total. The van der Waals surface area contributed by atoms with Gasteiger partial charge in [-0.3, -0.25) is 9.36 Å². The molecule has 0 N–H and O–H groups in total. The molecule has 0 spiro atoms. The second kappa shape index (κ2) is 7.57. The molecule has 170 valence electrons. The van der Waals surface area contributed by atoms with Crippen LogP contribution in [0, 0.1) is 0 Å². The van der Waals surface area contributed by atoms with Gasteiger partial charge in [-0.1, -0.05) is 6.07 Å². The van der Waals surface area contributed by atoms with Crippen molar-refractivity contribution in [3.63, 3.8) is 0 Å². The molecule has 0 fully saturated rings. The maximum Gasteiger partial charge on any atom is 0.114 e. The van der Waals surface area contributed by atoms with Crippen molar-refractivity contribution < 1.29 is 0 Å². The van der Waals surface area contributed by atoms with E-state index in [1.54, 1.807) is 0 Å². The average Bonchev–Trinajstić information content (AvgIpc) is 3.33. The van der Waals surface area contributed by atoms with Gasteiger partial charge < -0.3 is 0 Å². The highest BCUT2D eigenvalue weighted by Gasteiger charge is 2.30. The first-order valence-corrected chi connectivity index (χ1v) is 12.3. The number of nitrogens with zero attached hydrogens (tertiary/aromatic N) is 5. The van der Waals surface area contributed by atoms with Crippen molar-refractivity contribution in [3.8, 4) is 22.8 Å². The second-order valence-electron chi connectivity index (χ2n) is 11.5. The number of aromatic nitrogens is 5. The van der Waals surface area contributed by atoms with Crippen molar-refractivity contribution in [3.05, 3.63) is 40.7 Å². The normalized spacial score (nSPS) is 16.7. The number of fused-ring (bicyclic) bond motifs is 2. The Kier molecular flexibility index (Phi) is 5.06. The van der Waals surface area contributed by atoms with E-state index in [4.69, 9.17) is 15.2 Å². The van der Waals surface area contributed by atoms with Crippen molar-refractivity contribution in [1.82, 2.24) is 24.5 Å². The van der Waals surface area contributed by atoms with Crippen LogP contribution < -0.4 is 0 Å². The molecule has 5 heteroatoms. The first-order chi connectivity index (χ1) is 15.1. The third kappa shape index (κ3) is 3.60. The highest BCUT2D eigenvalue weighted by molar-refractivity contribution is 5.67. The molecule has 2 aliphatic rings. The quantitative estimate of drug-likeness (QED) is 0.494. The summed E-state index contributed by atoms with van der Waals surface area (Å²) in [6.07, 6.45) is 9.39. The predicted molar refractivity (Wildman–Crippen MR) is 130 cm³/mol. The fraction of sp³-hybridized carbons (Fsp3) is 0.593. The summed E-state index contributed by atoms with van der Waals surface area (Å²) in [7, 11) is 0. The summed E-state index contributed by atoms with van der Waals surface area (Å²) in [5, 5.41) is 10.3. The minimum atomic E-state index is -0.0260.